The minimum Gasteiger partial charge on any atom is -0.326 e. The number of hydrogen-bond donors (Lipinski definition) is 1. The number of rotatable bonds is 9. The Kier molecular flexibility index (Phi) is 8.15. The van der Waals surface area contributed by atoms with Crippen LogP contribution in [-0.4, -0.2) is 63.5 Å². The molecule has 0 aliphatic heterocycles. The molecule has 0 aliphatic carbocycles. The number of benzene rings is 1. The third-order valence-electron chi connectivity index (χ3n) is 3.61. The molecule has 0 spiro atoms. The lowest BCUT2D eigenvalue weighted by Crippen LogP contribution is -2.35. The van der Waals surface area contributed by atoms with Gasteiger partial charge in [-0.15, -0.1) is 0 Å². The van der Waals surface area contributed by atoms with E-state index in [1.54, 1.807) is 18.2 Å². The third kappa shape index (κ3) is 7.17. The molecular weight excluding hydrogens is 350 g/mol. The number of nitrogens with one attached hydrogen (secondary N) is 1. The molecule has 0 radical (unpaired) electrons. The van der Waals surface area contributed by atoms with Crippen molar-refractivity contribution in [2.75, 3.05) is 45.3 Å². The van der Waals surface area contributed by atoms with E-state index in [1.165, 1.54) is 10.6 Å². The summed E-state index contributed by atoms with van der Waals surface area (Å²) in [6.07, 6.45) is 1.98. The van der Waals surface area contributed by atoms with Crippen molar-refractivity contribution in [3.05, 3.63) is 28.8 Å². The molecule has 24 heavy (non-hydrogen) atoms. The van der Waals surface area contributed by atoms with Gasteiger partial charge in [0.1, 0.15) is 0 Å². The number of carbonyl (C=O) groups is 1. The molecule has 0 heterocycles. The van der Waals surface area contributed by atoms with Gasteiger partial charge in [0.2, 0.25) is 15.9 Å². The Hall–Kier alpha value is -1.15. The van der Waals surface area contributed by atoms with Gasteiger partial charge >= 0.3 is 0 Å². The van der Waals surface area contributed by atoms with Crippen LogP contribution in [0.4, 0.5) is 5.69 Å². The Balaban J connectivity index is 2.59. The molecule has 0 saturated carbocycles. The molecule has 0 unspecified atom stereocenters. The fourth-order valence-corrected chi connectivity index (χ4v) is 3.25. The van der Waals surface area contributed by atoms with Crippen LogP contribution in [0.15, 0.2) is 18.2 Å². The normalized spacial score (nSPS) is 12.0. The summed E-state index contributed by atoms with van der Waals surface area (Å²) in [4.78, 5) is 14.1. The highest BCUT2D eigenvalue weighted by atomic mass is 35.5. The minimum absolute atomic E-state index is 0.0982. The van der Waals surface area contributed by atoms with E-state index in [9.17, 15) is 13.2 Å². The van der Waals surface area contributed by atoms with Crippen LogP contribution in [0.5, 0.6) is 0 Å². The molecule has 1 rings (SSSR count). The Morgan fingerprint density at radius 3 is 2.46 bits per heavy atom. The molecule has 6 nitrogen and oxygen atoms in total. The first-order valence-electron chi connectivity index (χ1n) is 7.76. The summed E-state index contributed by atoms with van der Waals surface area (Å²) < 4.78 is 25.0. The maximum absolute atomic E-state index is 12.1. The smallest absolute Gasteiger partial charge is 0.225 e. The summed E-state index contributed by atoms with van der Waals surface area (Å²) in [6.45, 7) is 3.18. The highest BCUT2D eigenvalue weighted by molar-refractivity contribution is 7.88. The zero-order chi connectivity index (χ0) is 18.3. The van der Waals surface area contributed by atoms with Gasteiger partial charge in [0.15, 0.2) is 0 Å². The van der Waals surface area contributed by atoms with Gasteiger partial charge in [0.25, 0.3) is 0 Å². The molecule has 1 N–H and O–H groups in total. The SMILES string of the molecule is Cc1c(Cl)cccc1NC(=O)CCN(CCCN(C)C)S(C)(=O)=O. The van der Waals surface area contributed by atoms with Gasteiger partial charge in [-0.3, -0.25) is 4.79 Å². The summed E-state index contributed by atoms with van der Waals surface area (Å²) >= 11 is 6.02. The number of carbonyl (C=O) groups excluding carboxylic acids is 1. The lowest BCUT2D eigenvalue weighted by molar-refractivity contribution is -0.116. The van der Waals surface area contributed by atoms with Gasteiger partial charge in [0.05, 0.1) is 6.26 Å². The predicted octanol–water partition coefficient (Wildman–Crippen LogP) is 2.19. The zero-order valence-corrected chi connectivity index (χ0v) is 16.2. The fourth-order valence-electron chi connectivity index (χ4n) is 2.19. The van der Waals surface area contributed by atoms with Crippen molar-refractivity contribution in [3.8, 4) is 0 Å². The maximum atomic E-state index is 12.1. The van der Waals surface area contributed by atoms with Gasteiger partial charge in [0, 0.05) is 30.2 Å². The Morgan fingerprint density at radius 1 is 1.21 bits per heavy atom. The van der Waals surface area contributed by atoms with E-state index in [4.69, 9.17) is 11.6 Å². The van der Waals surface area contributed by atoms with Crippen molar-refractivity contribution in [3.63, 3.8) is 0 Å². The molecule has 0 aromatic heterocycles. The first-order chi connectivity index (χ1) is 11.1. The number of amides is 1. The molecular formula is C16H26ClN3O3S. The van der Waals surface area contributed by atoms with Crippen molar-refractivity contribution < 1.29 is 13.2 Å². The standard InChI is InChI=1S/C16H26ClN3O3S/c1-13-14(17)7-5-8-15(13)18-16(21)9-12-20(24(4,22)23)11-6-10-19(2)3/h5,7-8H,6,9-12H2,1-4H3,(H,18,21). The first kappa shape index (κ1) is 20.9. The molecule has 0 aliphatic rings. The van der Waals surface area contributed by atoms with Crippen LogP contribution in [0.1, 0.15) is 18.4 Å². The molecule has 1 amide bonds. The van der Waals surface area contributed by atoms with E-state index in [0.29, 0.717) is 17.3 Å². The molecule has 0 saturated heterocycles. The Labute approximate surface area is 149 Å². The summed E-state index contributed by atoms with van der Waals surface area (Å²) in [6, 6.07) is 5.28. The van der Waals surface area contributed by atoms with Gasteiger partial charge in [-0.25, -0.2) is 12.7 Å². The Bertz CT molecular complexity index is 663. The van der Waals surface area contributed by atoms with Crippen LogP contribution in [0, 0.1) is 6.92 Å². The quantitative estimate of drug-likeness (QED) is 0.718. The second-order valence-electron chi connectivity index (χ2n) is 6.03. The zero-order valence-electron chi connectivity index (χ0n) is 14.7. The number of halogens is 1. The van der Waals surface area contributed by atoms with Crippen molar-refractivity contribution in [1.82, 2.24) is 9.21 Å². The number of anilines is 1. The van der Waals surface area contributed by atoms with E-state index < -0.39 is 10.0 Å². The average molecular weight is 376 g/mol. The maximum Gasteiger partial charge on any atom is 0.225 e. The lowest BCUT2D eigenvalue weighted by Gasteiger charge is -2.20. The second-order valence-corrected chi connectivity index (χ2v) is 8.42. The molecule has 1 aromatic carbocycles. The van der Waals surface area contributed by atoms with E-state index in [-0.39, 0.29) is 18.9 Å². The molecule has 8 heteroatoms. The van der Waals surface area contributed by atoms with Crippen LogP contribution < -0.4 is 5.32 Å². The lowest BCUT2D eigenvalue weighted by atomic mass is 10.2. The van der Waals surface area contributed by atoms with Crippen LogP contribution in [0.3, 0.4) is 0 Å². The largest absolute Gasteiger partial charge is 0.326 e. The average Bonchev–Trinajstić information content (AvgIpc) is 2.45. The molecule has 0 fully saturated rings. The second kappa shape index (κ2) is 9.36. The van der Waals surface area contributed by atoms with Crippen molar-refractivity contribution >= 4 is 33.2 Å². The minimum atomic E-state index is -3.33. The molecule has 1 aromatic rings. The van der Waals surface area contributed by atoms with Crippen molar-refractivity contribution in [2.45, 2.75) is 19.8 Å². The van der Waals surface area contributed by atoms with Gasteiger partial charge in [-0.2, -0.15) is 0 Å². The highest BCUT2D eigenvalue weighted by Gasteiger charge is 2.18. The Morgan fingerprint density at radius 2 is 1.88 bits per heavy atom. The van der Waals surface area contributed by atoms with Gasteiger partial charge < -0.3 is 10.2 Å². The summed E-state index contributed by atoms with van der Waals surface area (Å²) in [5.41, 5.74) is 1.43. The predicted molar refractivity (Wildman–Crippen MR) is 99.0 cm³/mol. The summed E-state index contributed by atoms with van der Waals surface area (Å²) in [5.74, 6) is -0.235. The van der Waals surface area contributed by atoms with Crippen LogP contribution in [0.25, 0.3) is 0 Å². The molecule has 136 valence electrons. The van der Waals surface area contributed by atoms with E-state index in [0.717, 1.165) is 18.5 Å². The monoisotopic (exact) mass is 375 g/mol. The van der Waals surface area contributed by atoms with E-state index in [2.05, 4.69) is 5.32 Å². The van der Waals surface area contributed by atoms with Crippen molar-refractivity contribution in [1.29, 1.82) is 0 Å². The third-order valence-corrected chi connectivity index (χ3v) is 5.32. The highest BCUT2D eigenvalue weighted by Crippen LogP contribution is 2.23. The molecule has 0 bridgehead atoms. The number of hydrogen-bond acceptors (Lipinski definition) is 4. The fraction of sp³-hybridized carbons (Fsp3) is 0.562. The van der Waals surface area contributed by atoms with Gasteiger partial charge in [-0.1, -0.05) is 17.7 Å². The van der Waals surface area contributed by atoms with E-state index in [1.807, 2.05) is 25.9 Å². The summed E-state index contributed by atoms with van der Waals surface area (Å²) in [7, 11) is 0.540. The van der Waals surface area contributed by atoms with Crippen LogP contribution in [0.2, 0.25) is 5.02 Å². The van der Waals surface area contributed by atoms with Crippen molar-refractivity contribution in [2.24, 2.45) is 0 Å². The first-order valence-corrected chi connectivity index (χ1v) is 9.98. The number of nitrogens with zero attached hydrogens (tertiary/aromatic N) is 2. The van der Waals surface area contributed by atoms with Crippen LogP contribution >= 0.6 is 11.6 Å². The van der Waals surface area contributed by atoms with Crippen LogP contribution in [-0.2, 0) is 14.8 Å². The number of sulfonamides is 1. The summed E-state index contributed by atoms with van der Waals surface area (Å²) in [5, 5.41) is 3.36. The van der Waals surface area contributed by atoms with Gasteiger partial charge in [-0.05, 0) is 51.7 Å². The molecule has 0 atom stereocenters. The topological polar surface area (TPSA) is 69.7 Å². The van der Waals surface area contributed by atoms with E-state index >= 15 is 0 Å².